The van der Waals surface area contributed by atoms with Crippen molar-refractivity contribution in [2.45, 2.75) is 6.92 Å². The van der Waals surface area contributed by atoms with Crippen molar-refractivity contribution in [3.8, 4) is 11.3 Å². The lowest BCUT2D eigenvalue weighted by Crippen LogP contribution is -2.21. The fraction of sp³-hybridized carbons (Fsp3) is 0.0833. The summed E-state index contributed by atoms with van der Waals surface area (Å²) in [4.78, 5) is 35.7. The fourth-order valence-corrected chi connectivity index (χ4v) is 3.25. The third-order valence-electron chi connectivity index (χ3n) is 4.90. The van der Waals surface area contributed by atoms with E-state index in [1.165, 1.54) is 24.3 Å². The number of hydrogen-bond acceptors (Lipinski definition) is 6. The standard InChI is InChI=1S/C24H18N2O6/c1-14-20(22(27)26(25-14)18-5-3-4-17(12-18)23(28)29)13-19-10-11-21(32-19)15-6-8-16(9-7-15)24(30)31-2/h3-13H,1-2H3,(H,28,29). The van der Waals surface area contributed by atoms with Gasteiger partial charge in [0.2, 0.25) is 0 Å². The summed E-state index contributed by atoms with van der Waals surface area (Å²) in [5, 5.41) is 14.6. The molecule has 0 aliphatic carbocycles. The number of carbonyl (C=O) groups is 3. The van der Waals surface area contributed by atoms with Crippen LogP contribution >= 0.6 is 0 Å². The maximum absolute atomic E-state index is 12.9. The molecule has 8 nitrogen and oxygen atoms in total. The highest BCUT2D eigenvalue weighted by atomic mass is 16.5. The molecular weight excluding hydrogens is 412 g/mol. The van der Waals surface area contributed by atoms with E-state index in [0.717, 1.165) is 5.56 Å². The van der Waals surface area contributed by atoms with Crippen molar-refractivity contribution in [2.75, 3.05) is 12.1 Å². The highest BCUT2D eigenvalue weighted by Gasteiger charge is 2.29. The zero-order valence-corrected chi connectivity index (χ0v) is 17.2. The van der Waals surface area contributed by atoms with Gasteiger partial charge in [-0.05, 0) is 55.5 Å². The molecule has 0 atom stereocenters. The van der Waals surface area contributed by atoms with Gasteiger partial charge in [0.15, 0.2) is 0 Å². The van der Waals surface area contributed by atoms with Crippen LogP contribution in [0.2, 0.25) is 0 Å². The Hall–Kier alpha value is -4.46. The lowest BCUT2D eigenvalue weighted by molar-refractivity contribution is -0.114. The number of amides is 1. The molecule has 2 heterocycles. The Morgan fingerprint density at radius 2 is 1.81 bits per heavy atom. The van der Waals surface area contributed by atoms with Gasteiger partial charge in [0.05, 0.1) is 35.2 Å². The zero-order chi connectivity index (χ0) is 22.8. The molecule has 0 spiro atoms. The highest BCUT2D eigenvalue weighted by molar-refractivity contribution is 6.32. The van der Waals surface area contributed by atoms with Gasteiger partial charge in [0.25, 0.3) is 5.91 Å². The number of carbonyl (C=O) groups excluding carboxylic acids is 2. The van der Waals surface area contributed by atoms with Gasteiger partial charge in [0, 0.05) is 5.56 Å². The molecule has 4 rings (SSSR count). The number of ether oxygens (including phenoxy) is 1. The smallest absolute Gasteiger partial charge is 0.337 e. The molecule has 2 aromatic carbocycles. The van der Waals surface area contributed by atoms with E-state index >= 15 is 0 Å². The van der Waals surface area contributed by atoms with Crippen molar-refractivity contribution in [2.24, 2.45) is 5.10 Å². The Morgan fingerprint density at radius 3 is 2.50 bits per heavy atom. The topological polar surface area (TPSA) is 109 Å². The number of anilines is 1. The summed E-state index contributed by atoms with van der Waals surface area (Å²) in [6.45, 7) is 1.69. The molecule has 1 amide bonds. The molecule has 8 heteroatoms. The molecule has 1 aromatic heterocycles. The number of rotatable bonds is 5. The largest absolute Gasteiger partial charge is 0.478 e. The molecule has 3 aromatic rings. The van der Waals surface area contributed by atoms with Crippen LogP contribution in [0.3, 0.4) is 0 Å². The Labute approximate surface area is 183 Å². The van der Waals surface area contributed by atoms with Gasteiger partial charge < -0.3 is 14.3 Å². The molecule has 0 radical (unpaired) electrons. The fourth-order valence-electron chi connectivity index (χ4n) is 3.25. The molecule has 0 bridgehead atoms. The maximum Gasteiger partial charge on any atom is 0.337 e. The second-order valence-electron chi connectivity index (χ2n) is 6.99. The van der Waals surface area contributed by atoms with Crippen LogP contribution in [0.15, 0.2) is 75.8 Å². The number of hydrogen-bond donors (Lipinski definition) is 1. The summed E-state index contributed by atoms with van der Waals surface area (Å²) in [5.74, 6) is -0.868. The molecule has 1 N–H and O–H groups in total. The monoisotopic (exact) mass is 430 g/mol. The minimum Gasteiger partial charge on any atom is -0.478 e. The van der Waals surface area contributed by atoms with Crippen LogP contribution in [0.1, 0.15) is 33.4 Å². The first-order valence-electron chi connectivity index (χ1n) is 9.61. The number of aromatic carboxylic acids is 1. The minimum absolute atomic E-state index is 0.0643. The van der Waals surface area contributed by atoms with E-state index in [4.69, 9.17) is 9.15 Å². The van der Waals surface area contributed by atoms with Gasteiger partial charge in [0.1, 0.15) is 11.5 Å². The number of carboxylic acid groups (broad SMARTS) is 1. The van der Waals surface area contributed by atoms with E-state index < -0.39 is 11.9 Å². The zero-order valence-electron chi connectivity index (χ0n) is 17.2. The molecule has 0 fully saturated rings. The number of methoxy groups -OCH3 is 1. The summed E-state index contributed by atoms with van der Waals surface area (Å²) in [6, 6.07) is 16.3. The highest BCUT2D eigenvalue weighted by Crippen LogP contribution is 2.28. The molecule has 1 aliphatic heterocycles. The van der Waals surface area contributed by atoms with E-state index in [9.17, 15) is 19.5 Å². The first kappa shape index (κ1) is 20.8. The molecular formula is C24H18N2O6. The Bertz CT molecular complexity index is 1280. The van der Waals surface area contributed by atoms with E-state index in [2.05, 4.69) is 5.10 Å². The van der Waals surface area contributed by atoms with Gasteiger partial charge in [-0.2, -0.15) is 10.1 Å². The van der Waals surface area contributed by atoms with Crippen LogP contribution in [-0.4, -0.2) is 35.8 Å². The van der Waals surface area contributed by atoms with E-state index in [1.54, 1.807) is 61.5 Å². The summed E-state index contributed by atoms with van der Waals surface area (Å²) in [7, 11) is 1.32. The predicted octanol–water partition coefficient (Wildman–Crippen LogP) is 4.24. The average Bonchev–Trinajstić information content (AvgIpc) is 3.39. The second-order valence-corrected chi connectivity index (χ2v) is 6.99. The second kappa shape index (κ2) is 8.35. The molecule has 160 valence electrons. The van der Waals surface area contributed by atoms with Gasteiger partial charge in [-0.1, -0.05) is 18.2 Å². The van der Waals surface area contributed by atoms with Crippen molar-refractivity contribution >= 4 is 35.3 Å². The molecule has 0 saturated heterocycles. The molecule has 32 heavy (non-hydrogen) atoms. The number of nitrogens with zero attached hydrogens (tertiary/aromatic N) is 2. The number of furan rings is 1. The lowest BCUT2D eigenvalue weighted by atomic mass is 10.1. The Kier molecular flexibility index (Phi) is 5.43. The van der Waals surface area contributed by atoms with Crippen molar-refractivity contribution in [3.63, 3.8) is 0 Å². The third-order valence-corrected chi connectivity index (χ3v) is 4.90. The number of benzene rings is 2. The maximum atomic E-state index is 12.9. The first-order valence-corrected chi connectivity index (χ1v) is 9.61. The number of esters is 1. The van der Waals surface area contributed by atoms with Crippen molar-refractivity contribution < 1.29 is 28.6 Å². The minimum atomic E-state index is -1.09. The van der Waals surface area contributed by atoms with E-state index in [-0.39, 0.29) is 11.5 Å². The van der Waals surface area contributed by atoms with Crippen LogP contribution in [-0.2, 0) is 9.53 Å². The average molecular weight is 430 g/mol. The summed E-state index contributed by atoms with van der Waals surface area (Å²) in [6.07, 6.45) is 1.59. The van der Waals surface area contributed by atoms with Crippen LogP contribution in [0.4, 0.5) is 5.69 Å². The third kappa shape index (κ3) is 3.93. The van der Waals surface area contributed by atoms with Crippen LogP contribution in [0.5, 0.6) is 0 Å². The van der Waals surface area contributed by atoms with Crippen molar-refractivity contribution in [1.82, 2.24) is 0 Å². The van der Waals surface area contributed by atoms with Gasteiger partial charge in [-0.15, -0.1) is 0 Å². The molecule has 1 aliphatic rings. The van der Waals surface area contributed by atoms with Crippen LogP contribution < -0.4 is 5.01 Å². The predicted molar refractivity (Wildman–Crippen MR) is 117 cm³/mol. The van der Waals surface area contributed by atoms with Crippen LogP contribution in [0, 0.1) is 0 Å². The molecule has 0 saturated carbocycles. The van der Waals surface area contributed by atoms with E-state index in [1.807, 2.05) is 0 Å². The quantitative estimate of drug-likeness (QED) is 0.479. The molecule has 0 unspecified atom stereocenters. The normalized spacial score (nSPS) is 14.6. The number of carboxylic acids is 1. The number of hydrazone groups is 1. The summed E-state index contributed by atoms with van der Waals surface area (Å²) in [5.41, 5.74) is 2.44. The Balaban J connectivity index is 1.57. The van der Waals surface area contributed by atoms with E-state index in [0.29, 0.717) is 34.1 Å². The summed E-state index contributed by atoms with van der Waals surface area (Å²) >= 11 is 0. The van der Waals surface area contributed by atoms with Gasteiger partial charge in [-0.25, -0.2) is 9.59 Å². The van der Waals surface area contributed by atoms with Crippen molar-refractivity contribution in [1.29, 1.82) is 0 Å². The van der Waals surface area contributed by atoms with Crippen molar-refractivity contribution in [3.05, 3.63) is 83.1 Å². The van der Waals surface area contributed by atoms with Gasteiger partial charge >= 0.3 is 11.9 Å². The SMILES string of the molecule is COC(=O)c1ccc(-c2ccc(C=C3C(=O)N(c4cccc(C(=O)O)c4)N=C3C)o2)cc1. The summed E-state index contributed by atoms with van der Waals surface area (Å²) < 4.78 is 10.5. The lowest BCUT2D eigenvalue weighted by Gasteiger charge is -2.12. The first-order chi connectivity index (χ1) is 15.4. The Morgan fingerprint density at radius 1 is 1.06 bits per heavy atom. The van der Waals surface area contributed by atoms with Crippen LogP contribution in [0.25, 0.3) is 17.4 Å². The van der Waals surface area contributed by atoms with Gasteiger partial charge in [-0.3, -0.25) is 4.79 Å².